The van der Waals surface area contributed by atoms with Gasteiger partial charge in [0.2, 0.25) is 10.0 Å². The van der Waals surface area contributed by atoms with Crippen LogP contribution in [-0.2, 0) is 14.8 Å². The third-order valence-electron chi connectivity index (χ3n) is 2.04. The fraction of sp³-hybridized carbons (Fsp3) is 0.300. The van der Waals surface area contributed by atoms with Crippen molar-refractivity contribution in [3.63, 3.8) is 0 Å². The molecule has 9 heteroatoms. The van der Waals surface area contributed by atoms with Gasteiger partial charge in [0, 0.05) is 12.1 Å². The molecule has 0 heterocycles. The van der Waals surface area contributed by atoms with Crippen molar-refractivity contribution in [3.05, 3.63) is 12.1 Å². The third-order valence-corrected chi connectivity index (χ3v) is 2.63. The highest BCUT2D eigenvalue weighted by Crippen LogP contribution is 2.36. The Kier molecular flexibility index (Phi) is 4.43. The minimum atomic E-state index is -3.54. The first kappa shape index (κ1) is 14.9. The molecule has 1 aromatic rings. The zero-order valence-corrected chi connectivity index (χ0v) is 11.4. The summed E-state index contributed by atoms with van der Waals surface area (Å²) in [4.78, 5) is 11.1. The number of ether oxygens (including phenoxy) is 2. The molecule has 3 N–H and O–H groups in total. The average Bonchev–Trinajstić information content (AvgIpc) is 2.30. The Morgan fingerprint density at radius 3 is 2.37 bits per heavy atom. The predicted molar refractivity (Wildman–Crippen MR) is 69.2 cm³/mol. The normalized spacial score (nSPS) is 10.7. The van der Waals surface area contributed by atoms with Crippen LogP contribution < -0.4 is 14.8 Å². The number of hydrogen-bond acceptors (Lipinski definition) is 6. The molecule has 0 fully saturated rings. The molecule has 0 saturated heterocycles. The average molecular weight is 290 g/mol. The van der Waals surface area contributed by atoms with E-state index in [1.54, 1.807) is 0 Å². The summed E-state index contributed by atoms with van der Waals surface area (Å²) < 4.78 is 33.7. The Balaban J connectivity index is 3.17. The molecule has 0 spiro atoms. The van der Waals surface area contributed by atoms with Crippen molar-refractivity contribution in [2.75, 3.05) is 30.5 Å². The quantitative estimate of drug-likeness (QED) is 0.711. The van der Waals surface area contributed by atoms with Crippen molar-refractivity contribution < 1.29 is 27.8 Å². The molecule has 0 atom stereocenters. The standard InChI is InChI=1S/C10H14N2O6S/c1-17-9-5-6(12-19(3,15)16)8(13)4-7(9)11-10(14)18-2/h4-5,12-13H,1-3H3,(H,11,14). The van der Waals surface area contributed by atoms with Crippen molar-refractivity contribution in [1.29, 1.82) is 0 Å². The molecule has 0 aliphatic rings. The van der Waals surface area contributed by atoms with Gasteiger partial charge >= 0.3 is 6.09 Å². The van der Waals surface area contributed by atoms with Crippen LogP contribution in [-0.4, -0.2) is 40.1 Å². The molecular weight excluding hydrogens is 276 g/mol. The Bertz CT molecular complexity index is 584. The van der Waals surface area contributed by atoms with Gasteiger partial charge in [-0.05, 0) is 0 Å². The predicted octanol–water partition coefficient (Wildman–Crippen LogP) is 0.951. The Hall–Kier alpha value is -2.16. The molecule has 0 unspecified atom stereocenters. The number of benzene rings is 1. The summed E-state index contributed by atoms with van der Waals surface area (Å²) in [5.41, 5.74) is 0.0840. The first-order valence-electron chi connectivity index (χ1n) is 5.00. The lowest BCUT2D eigenvalue weighted by atomic mass is 10.2. The Morgan fingerprint density at radius 1 is 1.26 bits per heavy atom. The molecule has 0 radical (unpaired) electrons. The number of anilines is 2. The summed E-state index contributed by atoms with van der Waals surface area (Å²) >= 11 is 0. The number of phenols is 1. The minimum Gasteiger partial charge on any atom is -0.506 e. The lowest BCUT2D eigenvalue weighted by Gasteiger charge is -2.13. The Labute approximate surface area is 110 Å². The van der Waals surface area contributed by atoms with E-state index in [4.69, 9.17) is 4.74 Å². The number of nitrogens with one attached hydrogen (secondary N) is 2. The van der Waals surface area contributed by atoms with Crippen LogP contribution in [0.15, 0.2) is 12.1 Å². The second kappa shape index (κ2) is 5.65. The van der Waals surface area contributed by atoms with Crippen LogP contribution in [0.25, 0.3) is 0 Å². The van der Waals surface area contributed by atoms with E-state index in [1.807, 2.05) is 0 Å². The van der Waals surface area contributed by atoms with E-state index in [9.17, 15) is 18.3 Å². The minimum absolute atomic E-state index is 0.0604. The summed E-state index contributed by atoms with van der Waals surface area (Å²) in [6.07, 6.45) is 0.195. The van der Waals surface area contributed by atoms with Crippen LogP contribution >= 0.6 is 0 Å². The Morgan fingerprint density at radius 2 is 1.89 bits per heavy atom. The lowest BCUT2D eigenvalue weighted by Crippen LogP contribution is -2.13. The van der Waals surface area contributed by atoms with Gasteiger partial charge in [-0.3, -0.25) is 10.0 Å². The van der Waals surface area contributed by atoms with Crippen molar-refractivity contribution in [2.45, 2.75) is 0 Å². The maximum Gasteiger partial charge on any atom is 0.411 e. The summed E-state index contributed by atoms with van der Waals surface area (Å²) in [6, 6.07) is 2.38. The number of phenolic OH excluding ortho intramolecular Hbond substituents is 1. The molecule has 106 valence electrons. The highest BCUT2D eigenvalue weighted by molar-refractivity contribution is 7.92. The number of rotatable bonds is 4. The van der Waals surface area contributed by atoms with Crippen LogP contribution in [0.1, 0.15) is 0 Å². The van der Waals surface area contributed by atoms with Gasteiger partial charge in [-0.1, -0.05) is 0 Å². The molecule has 1 amide bonds. The number of methoxy groups -OCH3 is 2. The van der Waals surface area contributed by atoms with Gasteiger partial charge in [-0.25, -0.2) is 13.2 Å². The summed E-state index contributed by atoms with van der Waals surface area (Å²) in [5, 5.41) is 12.0. The molecular formula is C10H14N2O6S. The van der Waals surface area contributed by atoms with E-state index >= 15 is 0 Å². The second-order valence-corrected chi connectivity index (χ2v) is 5.31. The first-order chi connectivity index (χ1) is 8.76. The van der Waals surface area contributed by atoms with Gasteiger partial charge in [0.15, 0.2) is 0 Å². The fourth-order valence-electron chi connectivity index (χ4n) is 1.28. The van der Waals surface area contributed by atoms with Crippen LogP contribution in [0.2, 0.25) is 0 Å². The first-order valence-corrected chi connectivity index (χ1v) is 6.89. The molecule has 0 aliphatic carbocycles. The highest BCUT2D eigenvalue weighted by Gasteiger charge is 2.14. The van der Waals surface area contributed by atoms with E-state index in [1.165, 1.54) is 20.3 Å². The van der Waals surface area contributed by atoms with Gasteiger partial charge in [0.05, 0.1) is 31.9 Å². The maximum absolute atomic E-state index is 11.1. The number of carbonyl (C=O) groups excluding carboxylic acids is 1. The molecule has 1 rings (SSSR count). The summed E-state index contributed by atoms with van der Waals surface area (Å²) in [7, 11) is -1.03. The molecule has 0 aromatic heterocycles. The van der Waals surface area contributed by atoms with E-state index in [-0.39, 0.29) is 22.9 Å². The molecule has 1 aromatic carbocycles. The number of amides is 1. The van der Waals surface area contributed by atoms with Gasteiger partial charge < -0.3 is 14.6 Å². The van der Waals surface area contributed by atoms with E-state index < -0.39 is 16.1 Å². The fourth-order valence-corrected chi connectivity index (χ4v) is 1.84. The van der Waals surface area contributed by atoms with Gasteiger partial charge in [-0.2, -0.15) is 0 Å². The maximum atomic E-state index is 11.1. The van der Waals surface area contributed by atoms with Crippen LogP contribution in [0.4, 0.5) is 16.2 Å². The second-order valence-electron chi connectivity index (χ2n) is 3.56. The lowest BCUT2D eigenvalue weighted by molar-refractivity contribution is 0.187. The zero-order valence-electron chi connectivity index (χ0n) is 10.6. The number of carbonyl (C=O) groups is 1. The number of hydrogen-bond donors (Lipinski definition) is 3. The molecule has 0 aliphatic heterocycles. The smallest absolute Gasteiger partial charge is 0.411 e. The molecule has 19 heavy (non-hydrogen) atoms. The largest absolute Gasteiger partial charge is 0.506 e. The zero-order chi connectivity index (χ0) is 14.6. The molecule has 0 saturated carbocycles. The van der Waals surface area contributed by atoms with Crippen LogP contribution in [0.5, 0.6) is 11.5 Å². The van der Waals surface area contributed by atoms with E-state index in [0.717, 1.165) is 12.3 Å². The topological polar surface area (TPSA) is 114 Å². The van der Waals surface area contributed by atoms with E-state index in [0.29, 0.717) is 0 Å². The van der Waals surface area contributed by atoms with Gasteiger partial charge in [0.1, 0.15) is 11.5 Å². The molecule has 8 nitrogen and oxygen atoms in total. The van der Waals surface area contributed by atoms with Crippen LogP contribution in [0, 0.1) is 0 Å². The number of aromatic hydroxyl groups is 1. The van der Waals surface area contributed by atoms with Crippen molar-refractivity contribution in [3.8, 4) is 11.5 Å². The van der Waals surface area contributed by atoms with Gasteiger partial charge in [-0.15, -0.1) is 0 Å². The van der Waals surface area contributed by atoms with E-state index in [2.05, 4.69) is 14.8 Å². The van der Waals surface area contributed by atoms with Crippen molar-refractivity contribution >= 4 is 27.5 Å². The van der Waals surface area contributed by atoms with Gasteiger partial charge in [0.25, 0.3) is 0 Å². The SMILES string of the molecule is COC(=O)Nc1cc(O)c(NS(C)(=O)=O)cc1OC. The van der Waals surface area contributed by atoms with Crippen molar-refractivity contribution in [1.82, 2.24) is 0 Å². The highest BCUT2D eigenvalue weighted by atomic mass is 32.2. The summed E-state index contributed by atoms with van der Waals surface area (Å²) in [5.74, 6) is -0.202. The molecule has 0 bridgehead atoms. The van der Waals surface area contributed by atoms with Crippen LogP contribution in [0.3, 0.4) is 0 Å². The third kappa shape index (κ3) is 4.21. The van der Waals surface area contributed by atoms with Crippen molar-refractivity contribution in [2.24, 2.45) is 0 Å². The summed E-state index contributed by atoms with van der Waals surface area (Å²) in [6.45, 7) is 0. The monoisotopic (exact) mass is 290 g/mol. The number of sulfonamides is 1.